The molecule has 0 saturated heterocycles. The van der Waals surface area contributed by atoms with E-state index >= 15 is 0 Å². The number of nitro benzene ring substituents is 2. The molecule has 8 heteroatoms. The molecular formula is C35H22N2O6. The molecule has 208 valence electrons. The zero-order valence-electron chi connectivity index (χ0n) is 23.1. The maximum atomic E-state index is 13.6. The monoisotopic (exact) mass is 566 g/mol. The SMILES string of the molecule is CC1(C)c2cc3c(cc2-c2cc(-c4ccccc4[N+](=O)[O-])cc(-c4ccccc4[N+](=O)[O-])c21)C(=O)c1ccccc1C3=O. The van der Waals surface area contributed by atoms with E-state index < -0.39 is 15.3 Å². The van der Waals surface area contributed by atoms with Crippen molar-refractivity contribution in [2.24, 2.45) is 0 Å². The predicted octanol–water partition coefficient (Wildman–Crippen LogP) is 7.92. The Kier molecular flexibility index (Phi) is 5.55. The van der Waals surface area contributed by atoms with Crippen molar-refractivity contribution in [3.05, 3.63) is 151 Å². The van der Waals surface area contributed by atoms with Crippen LogP contribution in [0.5, 0.6) is 0 Å². The molecule has 0 fully saturated rings. The van der Waals surface area contributed by atoms with Gasteiger partial charge in [0.25, 0.3) is 11.4 Å². The zero-order valence-corrected chi connectivity index (χ0v) is 23.1. The van der Waals surface area contributed by atoms with Crippen molar-refractivity contribution in [2.75, 3.05) is 0 Å². The minimum atomic E-state index is -0.736. The number of rotatable bonds is 4. The highest BCUT2D eigenvalue weighted by Gasteiger charge is 2.42. The third kappa shape index (κ3) is 3.69. The molecule has 0 N–H and O–H groups in total. The quantitative estimate of drug-likeness (QED) is 0.158. The van der Waals surface area contributed by atoms with E-state index in [2.05, 4.69) is 0 Å². The van der Waals surface area contributed by atoms with E-state index in [4.69, 9.17) is 0 Å². The standard InChI is InChI=1S/C35H22N2O6/c1-35(2)29-18-28-27(33(38)22-11-3-4-12-23(22)34(28)39)17-24(29)26-16-19(20-9-5-7-13-30(20)36(40)41)15-25(32(26)35)21-10-6-8-14-31(21)37(42)43/h3-18H,1-2H3. The molecule has 5 aromatic carbocycles. The highest BCUT2D eigenvalue weighted by atomic mass is 16.6. The van der Waals surface area contributed by atoms with E-state index in [1.54, 1.807) is 78.9 Å². The van der Waals surface area contributed by atoms with Gasteiger partial charge in [-0.1, -0.05) is 62.4 Å². The van der Waals surface area contributed by atoms with E-state index in [1.807, 2.05) is 19.9 Å². The van der Waals surface area contributed by atoms with Crippen LogP contribution in [0.2, 0.25) is 0 Å². The molecule has 0 unspecified atom stereocenters. The van der Waals surface area contributed by atoms with Gasteiger partial charge in [-0.2, -0.15) is 0 Å². The lowest BCUT2D eigenvalue weighted by molar-refractivity contribution is -0.384. The van der Waals surface area contributed by atoms with E-state index in [-0.39, 0.29) is 28.5 Å². The maximum Gasteiger partial charge on any atom is 0.277 e. The van der Waals surface area contributed by atoms with Crippen molar-refractivity contribution in [1.29, 1.82) is 0 Å². The smallest absolute Gasteiger partial charge is 0.277 e. The second kappa shape index (κ2) is 9.12. The van der Waals surface area contributed by atoms with Crippen molar-refractivity contribution in [1.82, 2.24) is 0 Å². The number of hydrogen-bond donors (Lipinski definition) is 0. The second-order valence-electron chi connectivity index (χ2n) is 11.3. The number of carbonyl (C=O) groups is 2. The van der Waals surface area contributed by atoms with Crippen LogP contribution < -0.4 is 0 Å². The van der Waals surface area contributed by atoms with Gasteiger partial charge in [-0.05, 0) is 69.8 Å². The number of benzene rings is 5. The Morgan fingerprint density at radius 1 is 0.512 bits per heavy atom. The fourth-order valence-electron chi connectivity index (χ4n) is 6.65. The van der Waals surface area contributed by atoms with Gasteiger partial charge in [-0.15, -0.1) is 0 Å². The topological polar surface area (TPSA) is 120 Å². The van der Waals surface area contributed by atoms with Gasteiger partial charge in [0.1, 0.15) is 0 Å². The maximum absolute atomic E-state index is 13.6. The summed E-state index contributed by atoms with van der Waals surface area (Å²) in [5.74, 6) is -0.493. The van der Waals surface area contributed by atoms with Gasteiger partial charge in [-0.25, -0.2) is 0 Å². The third-order valence-electron chi connectivity index (χ3n) is 8.59. The Morgan fingerprint density at radius 3 is 1.51 bits per heavy atom. The first-order chi connectivity index (χ1) is 20.6. The highest BCUT2D eigenvalue weighted by molar-refractivity contribution is 6.29. The summed E-state index contributed by atoms with van der Waals surface area (Å²) in [4.78, 5) is 50.5. The van der Waals surface area contributed by atoms with Crippen LogP contribution in [-0.2, 0) is 5.41 Å². The van der Waals surface area contributed by atoms with Gasteiger partial charge < -0.3 is 0 Å². The summed E-state index contributed by atoms with van der Waals surface area (Å²) in [6.07, 6.45) is 0. The first-order valence-corrected chi connectivity index (χ1v) is 13.6. The number of carbonyl (C=O) groups excluding carboxylic acids is 2. The lowest BCUT2D eigenvalue weighted by Gasteiger charge is -2.26. The number of hydrogen-bond acceptors (Lipinski definition) is 6. The van der Waals surface area contributed by atoms with Gasteiger partial charge in [-0.3, -0.25) is 29.8 Å². The molecule has 0 aliphatic heterocycles. The Labute approximate surface area is 245 Å². The van der Waals surface area contributed by atoms with Crippen LogP contribution in [0.4, 0.5) is 11.4 Å². The summed E-state index contributed by atoms with van der Waals surface area (Å²) >= 11 is 0. The Morgan fingerprint density at radius 2 is 0.953 bits per heavy atom. The first kappa shape index (κ1) is 26.2. The molecule has 0 aromatic heterocycles. The lowest BCUT2D eigenvalue weighted by atomic mass is 9.76. The molecule has 0 bridgehead atoms. The summed E-state index contributed by atoms with van der Waals surface area (Å²) in [6.45, 7) is 3.96. The molecule has 8 nitrogen and oxygen atoms in total. The van der Waals surface area contributed by atoms with Crippen molar-refractivity contribution in [3.63, 3.8) is 0 Å². The molecule has 0 atom stereocenters. The molecule has 0 radical (unpaired) electrons. The van der Waals surface area contributed by atoms with Crippen LogP contribution in [0.3, 0.4) is 0 Å². The average Bonchev–Trinajstić information content (AvgIpc) is 3.24. The normalized spacial score (nSPS) is 14.0. The minimum Gasteiger partial charge on any atom is -0.289 e. The summed E-state index contributed by atoms with van der Waals surface area (Å²) in [6, 6.07) is 26.6. The number of nitrogens with zero attached hydrogens (tertiary/aromatic N) is 2. The zero-order chi connectivity index (χ0) is 30.2. The number of nitro groups is 2. The summed E-state index contributed by atoms with van der Waals surface area (Å²) in [7, 11) is 0. The van der Waals surface area contributed by atoms with Crippen LogP contribution in [0.15, 0.2) is 97.1 Å². The van der Waals surface area contributed by atoms with Gasteiger partial charge >= 0.3 is 0 Å². The number of ketones is 2. The van der Waals surface area contributed by atoms with Crippen molar-refractivity contribution in [2.45, 2.75) is 19.3 Å². The Bertz CT molecular complexity index is 2110. The van der Waals surface area contributed by atoms with Crippen LogP contribution in [-0.4, -0.2) is 21.4 Å². The van der Waals surface area contributed by atoms with E-state index in [0.717, 1.165) is 11.1 Å². The van der Waals surface area contributed by atoms with Gasteiger partial charge in [0, 0.05) is 39.8 Å². The molecular weight excluding hydrogens is 544 g/mol. The lowest BCUT2D eigenvalue weighted by Crippen LogP contribution is -2.23. The van der Waals surface area contributed by atoms with Gasteiger partial charge in [0.2, 0.25) is 0 Å². The fourth-order valence-corrected chi connectivity index (χ4v) is 6.65. The van der Waals surface area contributed by atoms with Gasteiger partial charge in [0.15, 0.2) is 11.6 Å². The Balaban J connectivity index is 1.57. The molecule has 0 saturated carbocycles. The molecule has 0 amide bonds. The summed E-state index contributed by atoms with van der Waals surface area (Å²) in [5.41, 5.74) is 5.13. The first-order valence-electron chi connectivity index (χ1n) is 13.6. The van der Waals surface area contributed by atoms with E-state index in [9.17, 15) is 29.8 Å². The number of para-hydroxylation sites is 2. The largest absolute Gasteiger partial charge is 0.289 e. The van der Waals surface area contributed by atoms with Crippen molar-refractivity contribution in [3.8, 4) is 33.4 Å². The minimum absolute atomic E-state index is 0.101. The van der Waals surface area contributed by atoms with Gasteiger partial charge in [0.05, 0.1) is 21.0 Å². The molecule has 2 aliphatic carbocycles. The molecule has 43 heavy (non-hydrogen) atoms. The predicted molar refractivity (Wildman–Crippen MR) is 161 cm³/mol. The van der Waals surface area contributed by atoms with Crippen molar-refractivity contribution >= 4 is 22.9 Å². The molecule has 0 heterocycles. The fraction of sp³-hybridized carbons (Fsp3) is 0.0857. The van der Waals surface area contributed by atoms with E-state index in [0.29, 0.717) is 50.1 Å². The molecule has 0 spiro atoms. The van der Waals surface area contributed by atoms with Crippen LogP contribution in [0.1, 0.15) is 56.8 Å². The number of fused-ring (bicyclic) bond motifs is 5. The van der Waals surface area contributed by atoms with Crippen LogP contribution in [0.25, 0.3) is 33.4 Å². The van der Waals surface area contributed by atoms with Crippen LogP contribution in [0, 0.1) is 20.2 Å². The molecule has 5 aromatic rings. The summed E-state index contributed by atoms with van der Waals surface area (Å²) < 4.78 is 0. The van der Waals surface area contributed by atoms with Crippen molar-refractivity contribution < 1.29 is 19.4 Å². The summed E-state index contributed by atoms with van der Waals surface area (Å²) in [5, 5.41) is 24.2. The average molecular weight is 567 g/mol. The van der Waals surface area contributed by atoms with E-state index in [1.165, 1.54) is 12.1 Å². The second-order valence-corrected chi connectivity index (χ2v) is 11.3. The molecule has 2 aliphatic rings. The highest BCUT2D eigenvalue weighted by Crippen LogP contribution is 2.55. The molecule has 7 rings (SSSR count). The third-order valence-corrected chi connectivity index (χ3v) is 8.59. The van der Waals surface area contributed by atoms with Crippen LogP contribution >= 0.6 is 0 Å². The Hall–Kier alpha value is -5.76.